The highest BCUT2D eigenvalue weighted by atomic mass is 16.3. The van der Waals surface area contributed by atoms with Crippen molar-refractivity contribution < 1.29 is 9.90 Å². The van der Waals surface area contributed by atoms with Gasteiger partial charge >= 0.3 is 0 Å². The van der Waals surface area contributed by atoms with Crippen LogP contribution in [-0.4, -0.2) is 55.2 Å². The Morgan fingerprint density at radius 1 is 1.46 bits per heavy atom. The van der Waals surface area contributed by atoms with Crippen molar-refractivity contribution in [1.82, 2.24) is 4.90 Å². The lowest BCUT2D eigenvalue weighted by molar-refractivity contribution is -0.128. The summed E-state index contributed by atoms with van der Waals surface area (Å²) < 4.78 is 0. The van der Waals surface area contributed by atoms with Crippen molar-refractivity contribution in [3.63, 3.8) is 0 Å². The second-order valence-electron chi connectivity index (χ2n) is 6.60. The number of aliphatic hydroxyl groups is 1. The fourth-order valence-corrected chi connectivity index (χ4v) is 2.88. The summed E-state index contributed by atoms with van der Waals surface area (Å²) in [5.74, 6) is 0.0685. The van der Waals surface area contributed by atoms with E-state index in [-0.39, 0.29) is 18.1 Å². The highest BCUT2D eigenvalue weighted by molar-refractivity contribution is 5.76. The Kier molecular flexibility index (Phi) is 6.04. The average Bonchev–Trinajstić information content (AvgIpc) is 2.55. The number of nitrogens with one attached hydrogen (secondary N) is 1. The zero-order valence-electron chi connectivity index (χ0n) is 14.6. The molecule has 1 saturated heterocycles. The van der Waals surface area contributed by atoms with Crippen molar-refractivity contribution in [1.29, 1.82) is 5.26 Å². The minimum absolute atomic E-state index is 0.0116. The quantitative estimate of drug-likeness (QED) is 0.860. The maximum Gasteiger partial charge on any atom is 0.224 e. The Balaban J connectivity index is 2.06. The van der Waals surface area contributed by atoms with Gasteiger partial charge in [-0.3, -0.25) is 4.79 Å². The number of carbonyl (C=O) groups is 1. The summed E-state index contributed by atoms with van der Waals surface area (Å²) in [6.45, 7) is 3.47. The largest absolute Gasteiger partial charge is 0.393 e. The van der Waals surface area contributed by atoms with Gasteiger partial charge in [-0.05, 0) is 38.0 Å². The monoisotopic (exact) mass is 330 g/mol. The summed E-state index contributed by atoms with van der Waals surface area (Å²) in [7, 11) is 3.49. The van der Waals surface area contributed by atoms with Crippen LogP contribution in [0.25, 0.3) is 0 Å². The van der Waals surface area contributed by atoms with E-state index in [1.807, 2.05) is 25.1 Å². The molecule has 130 valence electrons. The molecule has 2 N–H and O–H groups in total. The van der Waals surface area contributed by atoms with Gasteiger partial charge in [-0.1, -0.05) is 0 Å². The molecule has 0 spiro atoms. The fourth-order valence-electron chi connectivity index (χ4n) is 2.88. The number of rotatable bonds is 5. The molecule has 1 amide bonds. The molecule has 0 aliphatic carbocycles. The summed E-state index contributed by atoms with van der Waals surface area (Å²) in [4.78, 5) is 15.5. The lowest BCUT2D eigenvalue weighted by Gasteiger charge is -2.32. The molecule has 0 aromatic heterocycles. The Morgan fingerprint density at radius 2 is 2.12 bits per heavy atom. The second kappa shape index (κ2) is 8.02. The number of nitriles is 1. The van der Waals surface area contributed by atoms with E-state index in [9.17, 15) is 15.2 Å². The highest BCUT2D eigenvalue weighted by Crippen LogP contribution is 2.27. The topological polar surface area (TPSA) is 79.6 Å². The summed E-state index contributed by atoms with van der Waals surface area (Å²) in [5.41, 5.74) is 2.36. The molecule has 1 aromatic carbocycles. The number of nitrogens with zero attached hydrogens (tertiary/aromatic N) is 3. The predicted molar refractivity (Wildman–Crippen MR) is 95.0 cm³/mol. The van der Waals surface area contributed by atoms with Crippen LogP contribution in [0.4, 0.5) is 11.4 Å². The van der Waals surface area contributed by atoms with E-state index in [4.69, 9.17) is 0 Å². The standard InChI is InChI=1S/C18H26N4O2/c1-13(10-18(24)21(2)3)20-15-4-5-17(14(11-15)12-19)22-8-6-16(23)7-9-22/h4-5,11,13,16,20,23H,6-10H2,1-3H3. The first-order valence-electron chi connectivity index (χ1n) is 8.34. The van der Waals surface area contributed by atoms with Gasteiger partial charge in [0.1, 0.15) is 6.07 Å². The van der Waals surface area contributed by atoms with Crippen molar-refractivity contribution in [2.24, 2.45) is 0 Å². The van der Waals surface area contributed by atoms with Crippen molar-refractivity contribution in [3.05, 3.63) is 23.8 Å². The average molecular weight is 330 g/mol. The molecule has 1 unspecified atom stereocenters. The van der Waals surface area contributed by atoms with Gasteiger partial charge in [0.25, 0.3) is 0 Å². The first kappa shape index (κ1) is 18.1. The van der Waals surface area contributed by atoms with E-state index in [2.05, 4.69) is 16.3 Å². The minimum Gasteiger partial charge on any atom is -0.393 e. The van der Waals surface area contributed by atoms with Crippen LogP contribution in [-0.2, 0) is 4.79 Å². The molecule has 1 aliphatic heterocycles. The number of carbonyl (C=O) groups excluding carboxylic acids is 1. The molecular weight excluding hydrogens is 304 g/mol. The van der Waals surface area contributed by atoms with Gasteiger partial charge in [0, 0.05) is 45.3 Å². The Hall–Kier alpha value is -2.26. The first-order chi connectivity index (χ1) is 11.4. The molecule has 2 rings (SSSR count). The number of benzene rings is 1. The van der Waals surface area contributed by atoms with Gasteiger partial charge in [-0.25, -0.2) is 0 Å². The number of piperidine rings is 1. The molecule has 0 radical (unpaired) electrons. The van der Waals surface area contributed by atoms with Crippen molar-refractivity contribution >= 4 is 17.3 Å². The third-order valence-electron chi connectivity index (χ3n) is 4.31. The maximum absolute atomic E-state index is 11.8. The summed E-state index contributed by atoms with van der Waals surface area (Å²) >= 11 is 0. The number of hydrogen-bond acceptors (Lipinski definition) is 5. The van der Waals surface area contributed by atoms with Gasteiger partial charge in [0.05, 0.1) is 17.4 Å². The van der Waals surface area contributed by atoms with Gasteiger partial charge in [-0.15, -0.1) is 0 Å². The number of aliphatic hydroxyl groups excluding tert-OH is 1. The van der Waals surface area contributed by atoms with Crippen molar-refractivity contribution in [3.8, 4) is 6.07 Å². The van der Waals surface area contributed by atoms with E-state index in [1.54, 1.807) is 19.0 Å². The highest BCUT2D eigenvalue weighted by Gasteiger charge is 2.20. The normalized spacial score (nSPS) is 16.4. The lowest BCUT2D eigenvalue weighted by atomic mass is 10.0. The first-order valence-corrected chi connectivity index (χ1v) is 8.34. The molecule has 6 nitrogen and oxygen atoms in total. The van der Waals surface area contributed by atoms with Crippen LogP contribution in [0, 0.1) is 11.3 Å². The lowest BCUT2D eigenvalue weighted by Crippen LogP contribution is -2.36. The summed E-state index contributed by atoms with van der Waals surface area (Å²) in [5, 5.41) is 22.4. The van der Waals surface area contributed by atoms with Crippen LogP contribution >= 0.6 is 0 Å². The molecule has 1 aliphatic rings. The zero-order valence-corrected chi connectivity index (χ0v) is 14.6. The zero-order chi connectivity index (χ0) is 17.7. The third-order valence-corrected chi connectivity index (χ3v) is 4.31. The minimum atomic E-state index is -0.234. The van der Waals surface area contributed by atoms with Gasteiger partial charge in [-0.2, -0.15) is 5.26 Å². The Bertz CT molecular complexity index is 616. The van der Waals surface area contributed by atoms with Crippen LogP contribution in [0.1, 0.15) is 31.7 Å². The molecule has 1 aromatic rings. The van der Waals surface area contributed by atoms with Crippen LogP contribution in [0.2, 0.25) is 0 Å². The van der Waals surface area contributed by atoms with Gasteiger partial charge in [0.2, 0.25) is 5.91 Å². The predicted octanol–water partition coefficient (Wildman–Crippen LogP) is 1.80. The molecule has 1 heterocycles. The van der Waals surface area contributed by atoms with E-state index >= 15 is 0 Å². The van der Waals surface area contributed by atoms with E-state index in [1.165, 1.54) is 0 Å². The number of anilines is 2. The molecule has 1 atom stereocenters. The molecule has 0 saturated carbocycles. The summed E-state index contributed by atoms with van der Waals surface area (Å²) in [6, 6.07) is 7.96. The fraction of sp³-hybridized carbons (Fsp3) is 0.556. The number of hydrogen-bond donors (Lipinski definition) is 2. The maximum atomic E-state index is 11.8. The van der Waals surface area contributed by atoms with Crippen molar-refractivity contribution in [2.45, 2.75) is 38.3 Å². The molecule has 1 fully saturated rings. The SMILES string of the molecule is CC(CC(=O)N(C)C)Nc1ccc(N2CCC(O)CC2)c(C#N)c1. The van der Waals surface area contributed by atoms with Gasteiger partial charge < -0.3 is 20.2 Å². The molecule has 6 heteroatoms. The molecule has 24 heavy (non-hydrogen) atoms. The van der Waals surface area contributed by atoms with E-state index in [0.29, 0.717) is 12.0 Å². The third kappa shape index (κ3) is 4.62. The smallest absolute Gasteiger partial charge is 0.224 e. The van der Waals surface area contributed by atoms with Crippen LogP contribution in [0.5, 0.6) is 0 Å². The van der Waals surface area contributed by atoms with E-state index < -0.39 is 0 Å². The van der Waals surface area contributed by atoms with Gasteiger partial charge in [0.15, 0.2) is 0 Å². The second-order valence-corrected chi connectivity index (χ2v) is 6.60. The van der Waals surface area contributed by atoms with Crippen LogP contribution in [0.15, 0.2) is 18.2 Å². The van der Waals surface area contributed by atoms with Crippen molar-refractivity contribution in [2.75, 3.05) is 37.4 Å². The molecular formula is C18H26N4O2. The van der Waals surface area contributed by atoms with Crippen LogP contribution in [0.3, 0.4) is 0 Å². The molecule has 0 bridgehead atoms. The van der Waals surface area contributed by atoms with Crippen LogP contribution < -0.4 is 10.2 Å². The summed E-state index contributed by atoms with van der Waals surface area (Å²) in [6.07, 6.45) is 1.63. The Labute approximate surface area is 143 Å². The number of amides is 1. The Morgan fingerprint density at radius 3 is 2.71 bits per heavy atom. The van der Waals surface area contributed by atoms with E-state index in [0.717, 1.165) is 37.3 Å².